The van der Waals surface area contributed by atoms with Crippen LogP contribution in [0, 0.1) is 0 Å². The molecule has 1 aliphatic rings. The molecule has 2 aromatic heterocycles. The number of hydrogen-bond acceptors (Lipinski definition) is 6. The van der Waals surface area contributed by atoms with E-state index in [9.17, 15) is 4.79 Å². The Hall–Kier alpha value is -2.62. The Bertz CT molecular complexity index is 1090. The second kappa shape index (κ2) is 8.72. The molecule has 2 atom stereocenters. The van der Waals surface area contributed by atoms with Gasteiger partial charge in [-0.2, -0.15) is 0 Å². The van der Waals surface area contributed by atoms with Gasteiger partial charge in [-0.25, -0.2) is 15.0 Å². The smallest absolute Gasteiger partial charge is 0.256 e. The van der Waals surface area contributed by atoms with Gasteiger partial charge >= 0.3 is 0 Å². The van der Waals surface area contributed by atoms with E-state index in [1.807, 2.05) is 22.8 Å². The third-order valence-electron chi connectivity index (χ3n) is 6.46. The first-order chi connectivity index (χ1) is 15.2. The number of nitrogens with one attached hydrogen (secondary N) is 1. The molecule has 0 radical (unpaired) electrons. The van der Waals surface area contributed by atoms with Crippen molar-refractivity contribution < 1.29 is 14.0 Å². The molecule has 8 nitrogen and oxygen atoms in total. The van der Waals surface area contributed by atoms with Crippen molar-refractivity contribution in [1.29, 1.82) is 0 Å². The number of ether oxygens (including phenoxy) is 1. The zero-order valence-corrected chi connectivity index (χ0v) is 20.3. The molecule has 1 amide bonds. The molecule has 3 heterocycles. The van der Waals surface area contributed by atoms with Crippen molar-refractivity contribution in [3.63, 3.8) is 0 Å². The van der Waals surface area contributed by atoms with E-state index in [0.717, 1.165) is 12.8 Å². The SMILES string of the molecule is CC(C)(C)[Si](C)(C)OC[C@H]1CC[C@H](n2cnc3c(NC(=O)c4ccccc4)ncnc32)O1. The lowest BCUT2D eigenvalue weighted by molar-refractivity contribution is -0.0182. The maximum Gasteiger partial charge on any atom is 0.256 e. The number of fused-ring (bicyclic) bond motifs is 1. The highest BCUT2D eigenvalue weighted by Gasteiger charge is 2.38. The molecule has 1 fully saturated rings. The summed E-state index contributed by atoms with van der Waals surface area (Å²) < 4.78 is 14.6. The summed E-state index contributed by atoms with van der Waals surface area (Å²) >= 11 is 0. The van der Waals surface area contributed by atoms with E-state index in [4.69, 9.17) is 9.16 Å². The van der Waals surface area contributed by atoms with Gasteiger partial charge in [-0.1, -0.05) is 39.0 Å². The van der Waals surface area contributed by atoms with E-state index in [-0.39, 0.29) is 23.3 Å². The van der Waals surface area contributed by atoms with E-state index >= 15 is 0 Å². The van der Waals surface area contributed by atoms with Crippen LogP contribution in [0.1, 0.15) is 50.2 Å². The Labute approximate surface area is 189 Å². The second-order valence-electron chi connectivity index (χ2n) is 9.73. The molecule has 1 N–H and O–H groups in total. The predicted octanol–water partition coefficient (Wildman–Crippen LogP) is 4.78. The van der Waals surface area contributed by atoms with Crippen molar-refractivity contribution in [2.45, 2.75) is 64.1 Å². The quantitative estimate of drug-likeness (QED) is 0.540. The number of amides is 1. The van der Waals surface area contributed by atoms with Crippen LogP contribution in [0.2, 0.25) is 18.1 Å². The fourth-order valence-corrected chi connectivity index (χ4v) is 4.49. The topological polar surface area (TPSA) is 91.2 Å². The summed E-state index contributed by atoms with van der Waals surface area (Å²) in [7, 11) is -1.82. The monoisotopic (exact) mass is 453 g/mol. The van der Waals surface area contributed by atoms with Crippen LogP contribution in [-0.2, 0) is 9.16 Å². The molecule has 32 heavy (non-hydrogen) atoms. The molecule has 3 aromatic rings. The predicted molar refractivity (Wildman–Crippen MR) is 126 cm³/mol. The van der Waals surface area contributed by atoms with Gasteiger partial charge in [-0.05, 0) is 43.1 Å². The van der Waals surface area contributed by atoms with Crippen LogP contribution < -0.4 is 5.32 Å². The van der Waals surface area contributed by atoms with Crippen molar-refractivity contribution >= 4 is 31.2 Å². The Morgan fingerprint density at radius 1 is 1.19 bits per heavy atom. The molecule has 170 valence electrons. The number of anilines is 1. The molecule has 0 saturated carbocycles. The molecule has 4 rings (SSSR count). The van der Waals surface area contributed by atoms with E-state index in [1.54, 1.807) is 18.5 Å². The molecule has 1 saturated heterocycles. The number of nitrogens with zero attached hydrogens (tertiary/aromatic N) is 4. The van der Waals surface area contributed by atoms with Gasteiger partial charge < -0.3 is 14.5 Å². The van der Waals surface area contributed by atoms with Gasteiger partial charge in [-0.15, -0.1) is 0 Å². The third kappa shape index (κ3) is 4.60. The van der Waals surface area contributed by atoms with Gasteiger partial charge in [-0.3, -0.25) is 9.36 Å². The van der Waals surface area contributed by atoms with Crippen LogP contribution >= 0.6 is 0 Å². The second-order valence-corrected chi connectivity index (χ2v) is 14.5. The summed E-state index contributed by atoms with van der Waals surface area (Å²) in [6.45, 7) is 11.8. The normalized spacial score (nSPS) is 19.4. The standard InChI is InChI=1S/C23H31N5O3Si/c1-23(2,3)32(4,5)30-13-17-11-12-18(31-17)28-15-26-19-20(24-14-25-21(19)28)27-22(29)16-9-7-6-8-10-16/h6-10,14-15,17-18H,11-13H2,1-5H3,(H,24,25,27,29)/t17-,18-/m1/s1. The Kier molecular flexibility index (Phi) is 6.15. The molecular weight excluding hydrogens is 422 g/mol. The minimum absolute atomic E-state index is 0.0469. The van der Waals surface area contributed by atoms with E-state index in [2.05, 4.69) is 54.1 Å². The maximum atomic E-state index is 12.5. The minimum atomic E-state index is -1.82. The van der Waals surface area contributed by atoms with Crippen molar-refractivity contribution in [2.24, 2.45) is 0 Å². The van der Waals surface area contributed by atoms with Crippen molar-refractivity contribution in [1.82, 2.24) is 19.5 Å². The van der Waals surface area contributed by atoms with Crippen molar-refractivity contribution in [2.75, 3.05) is 11.9 Å². The number of aromatic nitrogens is 4. The van der Waals surface area contributed by atoms with E-state index in [0.29, 0.717) is 29.2 Å². The Balaban J connectivity index is 1.46. The fraction of sp³-hybridized carbons (Fsp3) is 0.478. The first kappa shape index (κ1) is 22.6. The molecule has 0 bridgehead atoms. The number of rotatable bonds is 6. The lowest BCUT2D eigenvalue weighted by Gasteiger charge is -2.36. The number of carbonyl (C=O) groups excluding carboxylic acids is 1. The summed E-state index contributed by atoms with van der Waals surface area (Å²) in [5.74, 6) is 0.151. The van der Waals surface area contributed by atoms with E-state index < -0.39 is 8.32 Å². The van der Waals surface area contributed by atoms with Crippen LogP contribution in [0.3, 0.4) is 0 Å². The fourth-order valence-electron chi connectivity index (χ4n) is 3.46. The minimum Gasteiger partial charge on any atom is -0.414 e. The van der Waals surface area contributed by atoms with Crippen LogP contribution in [0.4, 0.5) is 5.82 Å². The highest BCUT2D eigenvalue weighted by atomic mass is 28.4. The van der Waals surface area contributed by atoms with Crippen molar-refractivity contribution in [3.05, 3.63) is 48.5 Å². The molecule has 0 unspecified atom stereocenters. The maximum absolute atomic E-state index is 12.5. The highest BCUT2D eigenvalue weighted by molar-refractivity contribution is 6.74. The van der Waals surface area contributed by atoms with Gasteiger partial charge in [0.25, 0.3) is 5.91 Å². The van der Waals surface area contributed by atoms with Gasteiger partial charge in [0.1, 0.15) is 12.6 Å². The average Bonchev–Trinajstić information content (AvgIpc) is 3.39. The molecule has 1 aromatic carbocycles. The molecular formula is C23H31N5O3Si. The van der Waals surface area contributed by atoms with Crippen LogP contribution in [0.15, 0.2) is 43.0 Å². The van der Waals surface area contributed by atoms with Gasteiger partial charge in [0.15, 0.2) is 25.3 Å². The lowest BCUT2D eigenvalue weighted by Crippen LogP contribution is -2.42. The molecule has 0 aliphatic carbocycles. The zero-order chi connectivity index (χ0) is 22.9. The Morgan fingerprint density at radius 3 is 2.66 bits per heavy atom. The Morgan fingerprint density at radius 2 is 1.94 bits per heavy atom. The molecule has 9 heteroatoms. The van der Waals surface area contributed by atoms with Gasteiger partial charge in [0.05, 0.1) is 19.0 Å². The van der Waals surface area contributed by atoms with Crippen molar-refractivity contribution in [3.8, 4) is 0 Å². The molecule has 0 spiro atoms. The van der Waals surface area contributed by atoms with Gasteiger partial charge in [0.2, 0.25) is 0 Å². The summed E-state index contributed by atoms with van der Waals surface area (Å²) in [6, 6.07) is 9.02. The lowest BCUT2D eigenvalue weighted by atomic mass is 10.2. The first-order valence-corrected chi connectivity index (χ1v) is 13.9. The largest absolute Gasteiger partial charge is 0.414 e. The summed E-state index contributed by atoms with van der Waals surface area (Å²) in [5.41, 5.74) is 1.74. The molecule has 1 aliphatic heterocycles. The van der Waals surface area contributed by atoms with Crippen LogP contribution in [0.5, 0.6) is 0 Å². The van der Waals surface area contributed by atoms with E-state index in [1.165, 1.54) is 6.33 Å². The third-order valence-corrected chi connectivity index (χ3v) is 11.0. The summed E-state index contributed by atoms with van der Waals surface area (Å²) in [6.07, 6.45) is 4.80. The first-order valence-electron chi connectivity index (χ1n) is 11.0. The number of hydrogen-bond donors (Lipinski definition) is 1. The zero-order valence-electron chi connectivity index (χ0n) is 19.3. The number of benzene rings is 1. The number of carbonyl (C=O) groups is 1. The summed E-state index contributed by atoms with van der Waals surface area (Å²) in [5, 5.41) is 3.01. The average molecular weight is 454 g/mol. The highest BCUT2D eigenvalue weighted by Crippen LogP contribution is 2.38. The van der Waals surface area contributed by atoms with Crippen LogP contribution in [0.25, 0.3) is 11.2 Å². The van der Waals surface area contributed by atoms with Gasteiger partial charge in [0, 0.05) is 5.56 Å². The number of imidazole rings is 1. The summed E-state index contributed by atoms with van der Waals surface area (Å²) in [4.78, 5) is 25.7. The van der Waals surface area contributed by atoms with Crippen LogP contribution in [-0.4, -0.2) is 46.5 Å².